The maximum Gasteiger partial charge on any atom is 0.181 e. The van der Waals surface area contributed by atoms with E-state index in [-0.39, 0.29) is 22.5 Å². The standard InChI is InChI=1S/C22H22O2S/c1-22(16-15-17-9-4-2-5-10-17)19-13-8-14-20(22)21(19)25(23,24)18-11-6-3-7-12-18/h2-7,9-12,19-21H,8,13-14H2,1H3. The summed E-state index contributed by atoms with van der Waals surface area (Å²) >= 11 is 0. The monoisotopic (exact) mass is 350 g/mol. The third-order valence-electron chi connectivity index (χ3n) is 6.04. The molecule has 4 rings (SSSR count). The number of fused-ring (bicyclic) bond motifs is 2. The van der Waals surface area contributed by atoms with E-state index in [4.69, 9.17) is 0 Å². The third-order valence-corrected chi connectivity index (χ3v) is 8.35. The summed E-state index contributed by atoms with van der Waals surface area (Å²) in [5.74, 6) is 7.00. The Hall–Kier alpha value is -2.05. The lowest BCUT2D eigenvalue weighted by Crippen LogP contribution is -2.63. The van der Waals surface area contributed by atoms with Crippen LogP contribution in [0.25, 0.3) is 0 Å². The minimum atomic E-state index is -3.28. The van der Waals surface area contributed by atoms with Gasteiger partial charge in [-0.05, 0) is 55.9 Å². The van der Waals surface area contributed by atoms with Gasteiger partial charge in [-0.2, -0.15) is 0 Å². The summed E-state index contributed by atoms with van der Waals surface area (Å²) in [7, 11) is -3.28. The van der Waals surface area contributed by atoms with Gasteiger partial charge in [0.15, 0.2) is 9.84 Å². The molecule has 2 aromatic carbocycles. The number of hydrogen-bond donors (Lipinski definition) is 0. The fourth-order valence-corrected chi connectivity index (χ4v) is 7.27. The molecule has 0 radical (unpaired) electrons. The second kappa shape index (κ2) is 6.04. The molecule has 2 atom stereocenters. The highest BCUT2D eigenvalue weighted by atomic mass is 32.2. The molecule has 2 aliphatic rings. The van der Waals surface area contributed by atoms with Gasteiger partial charge < -0.3 is 0 Å². The lowest BCUT2D eigenvalue weighted by Gasteiger charge is -2.60. The van der Waals surface area contributed by atoms with Gasteiger partial charge in [-0.15, -0.1) is 0 Å². The first-order valence-corrected chi connectivity index (χ1v) is 10.5. The molecular formula is C22H22O2S. The molecule has 2 aliphatic carbocycles. The Morgan fingerprint density at radius 1 is 0.920 bits per heavy atom. The van der Waals surface area contributed by atoms with E-state index in [0.29, 0.717) is 4.90 Å². The Labute approximate surface area is 150 Å². The molecule has 3 heteroatoms. The van der Waals surface area contributed by atoms with Gasteiger partial charge >= 0.3 is 0 Å². The summed E-state index contributed by atoms with van der Waals surface area (Å²) in [6.45, 7) is 2.16. The van der Waals surface area contributed by atoms with Crippen molar-refractivity contribution in [1.82, 2.24) is 0 Å². The van der Waals surface area contributed by atoms with Gasteiger partial charge in [-0.1, -0.05) is 54.7 Å². The largest absolute Gasteiger partial charge is 0.223 e. The Morgan fingerprint density at radius 2 is 1.48 bits per heavy atom. The van der Waals surface area contributed by atoms with E-state index in [0.717, 1.165) is 24.8 Å². The van der Waals surface area contributed by atoms with Crippen LogP contribution in [0.1, 0.15) is 31.7 Å². The molecule has 2 aromatic rings. The average molecular weight is 350 g/mol. The van der Waals surface area contributed by atoms with Gasteiger partial charge in [0.25, 0.3) is 0 Å². The molecular weight excluding hydrogens is 328 g/mol. The van der Waals surface area contributed by atoms with Gasteiger partial charge in [0, 0.05) is 11.0 Å². The summed E-state index contributed by atoms with van der Waals surface area (Å²) in [5.41, 5.74) is 0.803. The fourth-order valence-electron chi connectivity index (χ4n) is 4.72. The van der Waals surface area contributed by atoms with E-state index < -0.39 is 9.84 Å². The Bertz CT molecular complexity index is 908. The molecule has 0 spiro atoms. The third kappa shape index (κ3) is 2.60. The molecule has 0 saturated heterocycles. The molecule has 2 fully saturated rings. The maximum atomic E-state index is 13.1. The predicted molar refractivity (Wildman–Crippen MR) is 99.7 cm³/mol. The quantitative estimate of drug-likeness (QED) is 0.756. The van der Waals surface area contributed by atoms with Crippen LogP contribution in [0.4, 0.5) is 0 Å². The normalized spacial score (nSPS) is 30.7. The minimum Gasteiger partial charge on any atom is -0.223 e. The van der Waals surface area contributed by atoms with Crippen molar-refractivity contribution in [3.05, 3.63) is 66.2 Å². The molecule has 2 saturated carbocycles. The van der Waals surface area contributed by atoms with Crippen molar-refractivity contribution in [3.63, 3.8) is 0 Å². The second-order valence-electron chi connectivity index (χ2n) is 7.37. The smallest absolute Gasteiger partial charge is 0.181 e. The molecule has 0 heterocycles. The SMILES string of the molecule is CC1(C#Cc2ccccc2)C2CCCC1C2S(=O)(=O)c1ccccc1. The highest BCUT2D eigenvalue weighted by molar-refractivity contribution is 7.92. The summed E-state index contributed by atoms with van der Waals surface area (Å²) in [4.78, 5) is 0.454. The van der Waals surface area contributed by atoms with Crippen molar-refractivity contribution >= 4 is 9.84 Å². The van der Waals surface area contributed by atoms with Crippen molar-refractivity contribution in [1.29, 1.82) is 0 Å². The van der Waals surface area contributed by atoms with Crippen LogP contribution in [0, 0.1) is 29.1 Å². The Kier molecular flexibility index (Phi) is 3.96. The van der Waals surface area contributed by atoms with Gasteiger partial charge in [-0.3, -0.25) is 0 Å². The Balaban J connectivity index is 1.66. The average Bonchev–Trinajstić information content (AvgIpc) is 2.67. The summed E-state index contributed by atoms with van der Waals surface area (Å²) in [6, 6.07) is 18.8. The van der Waals surface area contributed by atoms with Gasteiger partial charge in [0.05, 0.1) is 10.1 Å². The molecule has 2 unspecified atom stereocenters. The molecule has 0 N–H and O–H groups in total. The first-order chi connectivity index (χ1) is 12.0. The zero-order valence-corrected chi connectivity index (χ0v) is 15.2. The summed E-state index contributed by atoms with van der Waals surface area (Å²) in [6.07, 6.45) is 3.01. The van der Waals surface area contributed by atoms with Crippen LogP contribution in [0.5, 0.6) is 0 Å². The van der Waals surface area contributed by atoms with Crippen LogP contribution in [0.2, 0.25) is 0 Å². The van der Waals surface area contributed by atoms with E-state index in [9.17, 15) is 8.42 Å². The molecule has 25 heavy (non-hydrogen) atoms. The number of benzene rings is 2. The van der Waals surface area contributed by atoms with E-state index in [1.807, 2.05) is 36.4 Å². The van der Waals surface area contributed by atoms with E-state index in [1.165, 1.54) is 0 Å². The van der Waals surface area contributed by atoms with Crippen molar-refractivity contribution in [2.24, 2.45) is 17.3 Å². The molecule has 0 aromatic heterocycles. The number of rotatable bonds is 2. The van der Waals surface area contributed by atoms with Gasteiger partial charge in [-0.25, -0.2) is 8.42 Å². The number of hydrogen-bond acceptors (Lipinski definition) is 2. The van der Waals surface area contributed by atoms with Gasteiger partial charge in [0.1, 0.15) is 0 Å². The van der Waals surface area contributed by atoms with E-state index >= 15 is 0 Å². The first kappa shape index (κ1) is 16.4. The van der Waals surface area contributed by atoms with E-state index in [1.54, 1.807) is 24.3 Å². The highest BCUT2D eigenvalue weighted by Gasteiger charge is 2.64. The Morgan fingerprint density at radius 3 is 2.08 bits per heavy atom. The molecule has 2 nitrogen and oxygen atoms in total. The second-order valence-corrected chi connectivity index (χ2v) is 9.47. The molecule has 2 bridgehead atoms. The van der Waals surface area contributed by atoms with Crippen LogP contribution in [0.15, 0.2) is 65.6 Å². The lowest BCUT2D eigenvalue weighted by molar-refractivity contribution is -0.0248. The highest BCUT2D eigenvalue weighted by Crippen LogP contribution is 2.62. The topological polar surface area (TPSA) is 34.1 Å². The zero-order chi connectivity index (χ0) is 17.5. The van der Waals surface area contributed by atoms with Crippen LogP contribution < -0.4 is 0 Å². The fraction of sp³-hybridized carbons (Fsp3) is 0.364. The van der Waals surface area contributed by atoms with Crippen molar-refractivity contribution in [2.75, 3.05) is 0 Å². The van der Waals surface area contributed by atoms with Crippen LogP contribution in [-0.2, 0) is 9.84 Å². The predicted octanol–water partition coefficient (Wildman–Crippen LogP) is 4.32. The lowest BCUT2D eigenvalue weighted by atomic mass is 9.48. The molecule has 0 aliphatic heterocycles. The van der Waals surface area contributed by atoms with E-state index in [2.05, 4.69) is 18.8 Å². The maximum absolute atomic E-state index is 13.1. The van der Waals surface area contributed by atoms with Crippen molar-refractivity contribution < 1.29 is 8.42 Å². The van der Waals surface area contributed by atoms with Crippen LogP contribution in [-0.4, -0.2) is 13.7 Å². The number of sulfone groups is 1. The first-order valence-electron chi connectivity index (χ1n) is 8.91. The van der Waals surface area contributed by atoms with Crippen molar-refractivity contribution in [3.8, 4) is 11.8 Å². The molecule has 0 amide bonds. The van der Waals surface area contributed by atoms with Gasteiger partial charge in [0.2, 0.25) is 0 Å². The van der Waals surface area contributed by atoms with Crippen LogP contribution in [0.3, 0.4) is 0 Å². The molecule has 128 valence electrons. The summed E-state index contributed by atoms with van der Waals surface area (Å²) < 4.78 is 26.3. The van der Waals surface area contributed by atoms with Crippen LogP contribution >= 0.6 is 0 Å². The zero-order valence-electron chi connectivity index (χ0n) is 14.4. The summed E-state index contributed by atoms with van der Waals surface area (Å²) in [5, 5.41) is -0.279. The minimum absolute atomic E-state index is 0.132. The van der Waals surface area contributed by atoms with Crippen molar-refractivity contribution in [2.45, 2.75) is 36.3 Å².